The Morgan fingerprint density at radius 3 is 2.94 bits per heavy atom. The van der Waals surface area contributed by atoms with E-state index in [2.05, 4.69) is 22.2 Å². The van der Waals surface area contributed by atoms with Gasteiger partial charge in [-0.15, -0.1) is 0 Å². The van der Waals surface area contributed by atoms with Crippen molar-refractivity contribution >= 4 is 16.9 Å². The smallest absolute Gasteiger partial charge is 0.253 e. The van der Waals surface area contributed by atoms with E-state index in [0.29, 0.717) is 17.6 Å². The number of para-hydroxylation sites is 1. The average Bonchev–Trinajstić information content (AvgIpc) is 2.38. The summed E-state index contributed by atoms with van der Waals surface area (Å²) in [5.41, 5.74) is 1.99. The van der Waals surface area contributed by atoms with Gasteiger partial charge in [0.15, 0.2) is 0 Å². The first-order chi connectivity index (χ1) is 8.33. The van der Waals surface area contributed by atoms with E-state index in [-0.39, 0.29) is 5.91 Å². The summed E-state index contributed by atoms with van der Waals surface area (Å²) >= 11 is 0. The van der Waals surface area contributed by atoms with Crippen LogP contribution in [0.4, 0.5) is 0 Å². The maximum Gasteiger partial charge on any atom is 0.253 e. The molecule has 4 nitrogen and oxygen atoms in total. The molecule has 0 bridgehead atoms. The average molecular weight is 229 g/mol. The molecule has 88 valence electrons. The van der Waals surface area contributed by atoms with E-state index >= 15 is 0 Å². The summed E-state index contributed by atoms with van der Waals surface area (Å²) in [6.07, 6.45) is 5.28. The Balaban J connectivity index is 2.26. The molecule has 2 aromatic rings. The standard InChI is InChI=1S/C13H15N3O/c1-2-3-7-16-13(17)10-5-4-6-11-12(10)15-9-8-14-11/h4-6,8-9H,2-3,7H2,1H3,(H,16,17). The molecule has 0 fully saturated rings. The van der Waals surface area contributed by atoms with Gasteiger partial charge in [-0.1, -0.05) is 19.4 Å². The molecular weight excluding hydrogens is 214 g/mol. The van der Waals surface area contributed by atoms with Crippen LogP contribution in [0.3, 0.4) is 0 Å². The zero-order valence-electron chi connectivity index (χ0n) is 9.81. The fourth-order valence-electron chi connectivity index (χ4n) is 1.65. The summed E-state index contributed by atoms with van der Waals surface area (Å²) in [6, 6.07) is 5.45. The first-order valence-electron chi connectivity index (χ1n) is 5.81. The van der Waals surface area contributed by atoms with E-state index in [4.69, 9.17) is 0 Å². The maximum absolute atomic E-state index is 12.0. The van der Waals surface area contributed by atoms with Gasteiger partial charge in [-0.25, -0.2) is 0 Å². The van der Waals surface area contributed by atoms with Gasteiger partial charge >= 0.3 is 0 Å². The lowest BCUT2D eigenvalue weighted by Gasteiger charge is -2.06. The van der Waals surface area contributed by atoms with Crippen molar-refractivity contribution in [3.63, 3.8) is 0 Å². The van der Waals surface area contributed by atoms with Gasteiger partial charge in [0, 0.05) is 18.9 Å². The van der Waals surface area contributed by atoms with Gasteiger partial charge in [-0.3, -0.25) is 14.8 Å². The third kappa shape index (κ3) is 2.58. The number of benzene rings is 1. The number of nitrogens with zero attached hydrogens (tertiary/aromatic N) is 2. The first kappa shape index (κ1) is 11.5. The lowest BCUT2D eigenvalue weighted by atomic mass is 10.1. The zero-order chi connectivity index (χ0) is 12.1. The van der Waals surface area contributed by atoms with Crippen LogP contribution in [-0.4, -0.2) is 22.4 Å². The number of rotatable bonds is 4. The van der Waals surface area contributed by atoms with Crippen LogP contribution in [0.5, 0.6) is 0 Å². The summed E-state index contributed by atoms with van der Waals surface area (Å²) < 4.78 is 0. The predicted octanol–water partition coefficient (Wildman–Crippen LogP) is 2.16. The van der Waals surface area contributed by atoms with Gasteiger partial charge < -0.3 is 5.32 Å². The van der Waals surface area contributed by atoms with E-state index in [0.717, 1.165) is 18.4 Å². The van der Waals surface area contributed by atoms with Crippen LogP contribution < -0.4 is 5.32 Å². The second kappa shape index (κ2) is 5.39. The predicted molar refractivity (Wildman–Crippen MR) is 66.8 cm³/mol. The van der Waals surface area contributed by atoms with Crippen molar-refractivity contribution in [1.82, 2.24) is 15.3 Å². The molecule has 0 radical (unpaired) electrons. The largest absolute Gasteiger partial charge is 0.352 e. The highest BCUT2D eigenvalue weighted by Crippen LogP contribution is 2.13. The monoisotopic (exact) mass is 229 g/mol. The van der Waals surface area contributed by atoms with Gasteiger partial charge in [0.25, 0.3) is 5.91 Å². The van der Waals surface area contributed by atoms with E-state index in [1.54, 1.807) is 18.5 Å². The van der Waals surface area contributed by atoms with Crippen molar-refractivity contribution in [3.8, 4) is 0 Å². The van der Waals surface area contributed by atoms with Gasteiger partial charge in [0.1, 0.15) is 5.52 Å². The van der Waals surface area contributed by atoms with Crippen LogP contribution in [-0.2, 0) is 0 Å². The van der Waals surface area contributed by atoms with E-state index in [9.17, 15) is 4.79 Å². The number of amides is 1. The molecule has 1 aromatic heterocycles. The molecule has 0 saturated heterocycles. The third-order valence-corrected chi connectivity index (χ3v) is 2.56. The fraction of sp³-hybridized carbons (Fsp3) is 0.308. The van der Waals surface area contributed by atoms with Gasteiger partial charge in [0.2, 0.25) is 0 Å². The highest BCUT2D eigenvalue weighted by molar-refractivity contribution is 6.04. The van der Waals surface area contributed by atoms with Gasteiger partial charge in [-0.2, -0.15) is 0 Å². The Kier molecular flexibility index (Phi) is 3.65. The molecule has 4 heteroatoms. The lowest BCUT2D eigenvalue weighted by Crippen LogP contribution is -2.24. The molecule has 1 amide bonds. The van der Waals surface area contributed by atoms with Crippen LogP contribution in [0.15, 0.2) is 30.6 Å². The molecule has 17 heavy (non-hydrogen) atoms. The molecular formula is C13H15N3O. The Bertz CT molecular complexity index is 520. The van der Waals surface area contributed by atoms with Crippen molar-refractivity contribution < 1.29 is 4.79 Å². The molecule has 0 aliphatic carbocycles. The van der Waals surface area contributed by atoms with E-state index in [1.807, 2.05) is 12.1 Å². The Morgan fingerprint density at radius 2 is 2.12 bits per heavy atom. The molecule has 1 heterocycles. The highest BCUT2D eigenvalue weighted by Gasteiger charge is 2.10. The topological polar surface area (TPSA) is 54.9 Å². The Morgan fingerprint density at radius 1 is 1.29 bits per heavy atom. The first-order valence-corrected chi connectivity index (χ1v) is 5.81. The van der Waals surface area contributed by atoms with E-state index < -0.39 is 0 Å². The minimum Gasteiger partial charge on any atom is -0.352 e. The molecule has 0 atom stereocenters. The third-order valence-electron chi connectivity index (χ3n) is 2.56. The van der Waals surface area contributed by atoms with Crippen molar-refractivity contribution in [2.24, 2.45) is 0 Å². The Hall–Kier alpha value is -1.97. The quantitative estimate of drug-likeness (QED) is 0.817. The SMILES string of the molecule is CCCCNC(=O)c1cccc2nccnc12. The van der Waals surface area contributed by atoms with Crippen molar-refractivity contribution in [2.75, 3.05) is 6.54 Å². The highest BCUT2D eigenvalue weighted by atomic mass is 16.1. The van der Waals surface area contributed by atoms with Gasteiger partial charge in [-0.05, 0) is 18.6 Å². The fourth-order valence-corrected chi connectivity index (χ4v) is 1.65. The van der Waals surface area contributed by atoms with Crippen molar-refractivity contribution in [2.45, 2.75) is 19.8 Å². The van der Waals surface area contributed by atoms with Crippen LogP contribution in [0.25, 0.3) is 11.0 Å². The number of fused-ring (bicyclic) bond motifs is 1. The zero-order valence-corrected chi connectivity index (χ0v) is 9.81. The van der Waals surface area contributed by atoms with Crippen LogP contribution in [0.1, 0.15) is 30.1 Å². The van der Waals surface area contributed by atoms with Crippen molar-refractivity contribution in [1.29, 1.82) is 0 Å². The molecule has 0 spiro atoms. The lowest BCUT2D eigenvalue weighted by molar-refractivity contribution is 0.0954. The van der Waals surface area contributed by atoms with Crippen LogP contribution >= 0.6 is 0 Å². The van der Waals surface area contributed by atoms with Crippen molar-refractivity contribution in [3.05, 3.63) is 36.2 Å². The minimum absolute atomic E-state index is 0.0791. The molecule has 2 rings (SSSR count). The number of carbonyl (C=O) groups is 1. The number of aromatic nitrogens is 2. The van der Waals surface area contributed by atoms with Gasteiger partial charge in [0.05, 0.1) is 11.1 Å². The number of unbranched alkanes of at least 4 members (excludes halogenated alkanes) is 1. The molecule has 1 aromatic carbocycles. The summed E-state index contributed by atoms with van der Waals surface area (Å²) in [5.74, 6) is -0.0791. The molecule has 0 unspecified atom stereocenters. The summed E-state index contributed by atoms with van der Waals surface area (Å²) in [5, 5.41) is 2.89. The maximum atomic E-state index is 12.0. The number of nitrogens with one attached hydrogen (secondary N) is 1. The molecule has 1 N–H and O–H groups in total. The minimum atomic E-state index is -0.0791. The second-order valence-corrected chi connectivity index (χ2v) is 3.84. The van der Waals surface area contributed by atoms with E-state index in [1.165, 1.54) is 0 Å². The number of hydrogen-bond donors (Lipinski definition) is 1. The summed E-state index contributed by atoms with van der Waals surface area (Å²) in [4.78, 5) is 20.3. The summed E-state index contributed by atoms with van der Waals surface area (Å²) in [7, 11) is 0. The Labute approximate surface area is 100 Å². The molecule has 0 aliphatic heterocycles. The normalized spacial score (nSPS) is 10.4. The molecule has 0 aliphatic rings. The number of carbonyl (C=O) groups excluding carboxylic acids is 1. The summed E-state index contributed by atoms with van der Waals surface area (Å²) in [6.45, 7) is 2.79. The molecule has 0 saturated carbocycles. The van der Waals surface area contributed by atoms with Crippen LogP contribution in [0.2, 0.25) is 0 Å². The second-order valence-electron chi connectivity index (χ2n) is 3.84. The van der Waals surface area contributed by atoms with Crippen LogP contribution in [0, 0.1) is 0 Å². The number of hydrogen-bond acceptors (Lipinski definition) is 3.